The Labute approximate surface area is 136 Å². The van der Waals surface area contributed by atoms with Crippen LogP contribution in [0, 0.1) is 22.7 Å². The molecule has 0 aliphatic heterocycles. The monoisotopic (exact) mass is 326 g/mol. The largest absolute Gasteiger partial charge is 0.452 e. The maximum Gasteiger partial charge on any atom is 0.387 e. The van der Waals surface area contributed by atoms with Gasteiger partial charge in [-0.1, -0.05) is 24.3 Å². The van der Waals surface area contributed by atoms with Crippen molar-refractivity contribution >= 4 is 21.9 Å². The van der Waals surface area contributed by atoms with Crippen molar-refractivity contribution in [1.82, 2.24) is 0 Å². The van der Waals surface area contributed by atoms with Crippen LogP contribution < -0.4 is 4.74 Å². The molecular weight excluding hydrogens is 314 g/mol. The van der Waals surface area contributed by atoms with Crippen LogP contribution >= 0.6 is 0 Å². The van der Waals surface area contributed by atoms with Crippen LogP contribution in [0.3, 0.4) is 0 Å². The lowest BCUT2D eigenvalue weighted by molar-refractivity contribution is -0.0493. The number of hydrogen-bond donors (Lipinski definition) is 0. The topological polar surface area (TPSA) is 70.0 Å². The van der Waals surface area contributed by atoms with Crippen LogP contribution in [0.2, 0.25) is 0 Å². The lowest BCUT2D eigenvalue weighted by Gasteiger charge is -2.13. The molecule has 0 radical (unpaired) electrons. The molecule has 0 bridgehead atoms. The maximum atomic E-state index is 12.7. The Morgan fingerprint density at radius 3 is 2.42 bits per heavy atom. The molecule has 0 saturated carbocycles. The summed E-state index contributed by atoms with van der Waals surface area (Å²) in [5, 5.41) is 19.4. The molecule has 0 N–H and O–H groups in total. The van der Waals surface area contributed by atoms with Crippen LogP contribution in [0.5, 0.6) is 5.75 Å². The predicted molar refractivity (Wildman–Crippen MR) is 83.6 cm³/mol. The van der Waals surface area contributed by atoms with E-state index in [1.807, 2.05) is 12.1 Å². The van der Waals surface area contributed by atoms with Gasteiger partial charge in [0.15, 0.2) is 11.3 Å². The van der Waals surface area contributed by atoms with Gasteiger partial charge in [0.05, 0.1) is 12.1 Å². The van der Waals surface area contributed by atoms with E-state index in [-0.39, 0.29) is 30.1 Å². The van der Waals surface area contributed by atoms with Crippen molar-refractivity contribution in [2.75, 3.05) is 0 Å². The van der Waals surface area contributed by atoms with Crippen LogP contribution in [-0.4, -0.2) is 6.61 Å². The van der Waals surface area contributed by atoms with Crippen molar-refractivity contribution in [1.29, 1.82) is 10.5 Å². The van der Waals surface area contributed by atoms with Gasteiger partial charge in [0.25, 0.3) is 0 Å². The molecule has 0 unspecified atom stereocenters. The number of para-hydroxylation sites is 1. The third-order valence-corrected chi connectivity index (χ3v) is 3.85. The quantitative estimate of drug-likeness (QED) is 0.654. The third-order valence-electron chi connectivity index (χ3n) is 3.85. The van der Waals surface area contributed by atoms with Crippen molar-refractivity contribution in [3.8, 4) is 17.9 Å². The van der Waals surface area contributed by atoms with Gasteiger partial charge in [0.2, 0.25) is 0 Å². The maximum absolute atomic E-state index is 12.7. The Morgan fingerprint density at radius 1 is 1.04 bits per heavy atom. The van der Waals surface area contributed by atoms with Crippen molar-refractivity contribution in [2.24, 2.45) is 0 Å². The smallest absolute Gasteiger partial charge is 0.387 e. The Hall–Kier alpha value is -3.12. The predicted octanol–water partition coefficient (Wildman–Crippen LogP) is 5.10. The molecule has 6 heteroatoms. The summed E-state index contributed by atoms with van der Waals surface area (Å²) in [6.07, 6.45) is 0.300. The van der Waals surface area contributed by atoms with Crippen LogP contribution in [-0.2, 0) is 0 Å². The van der Waals surface area contributed by atoms with E-state index < -0.39 is 6.61 Å². The summed E-state index contributed by atoms with van der Waals surface area (Å²) in [6.45, 7) is -2.97. The van der Waals surface area contributed by atoms with Crippen molar-refractivity contribution < 1.29 is 17.9 Å². The van der Waals surface area contributed by atoms with Gasteiger partial charge in [-0.25, -0.2) is 0 Å². The van der Waals surface area contributed by atoms with Gasteiger partial charge in [0, 0.05) is 29.5 Å². The van der Waals surface area contributed by atoms with E-state index in [1.54, 1.807) is 18.2 Å². The first-order valence-electron chi connectivity index (χ1n) is 7.28. The molecule has 1 aromatic heterocycles. The van der Waals surface area contributed by atoms with Gasteiger partial charge < -0.3 is 9.15 Å². The summed E-state index contributed by atoms with van der Waals surface area (Å²) in [5.74, 6) is -0.392. The van der Waals surface area contributed by atoms with E-state index in [1.165, 1.54) is 6.07 Å². The average molecular weight is 326 g/mol. The molecule has 0 aliphatic carbocycles. The van der Waals surface area contributed by atoms with Gasteiger partial charge >= 0.3 is 6.61 Å². The summed E-state index contributed by atoms with van der Waals surface area (Å²) >= 11 is 0. The first-order chi connectivity index (χ1) is 11.7. The minimum absolute atomic E-state index is 0.0624. The Bertz CT molecular complexity index is 951. The minimum atomic E-state index is -2.97. The third kappa shape index (κ3) is 2.75. The van der Waals surface area contributed by atoms with E-state index in [2.05, 4.69) is 16.9 Å². The zero-order valence-corrected chi connectivity index (χ0v) is 12.5. The van der Waals surface area contributed by atoms with Crippen LogP contribution in [0.1, 0.15) is 24.3 Å². The number of rotatable bonds is 5. The summed E-state index contributed by atoms with van der Waals surface area (Å²) < 4.78 is 35.6. The summed E-state index contributed by atoms with van der Waals surface area (Å²) in [5.41, 5.74) is 1.46. The molecule has 3 rings (SSSR count). The van der Waals surface area contributed by atoms with E-state index in [0.717, 1.165) is 10.9 Å². The molecule has 0 fully saturated rings. The minimum Gasteiger partial charge on any atom is -0.452 e. The molecule has 0 atom stereocenters. The zero-order valence-electron chi connectivity index (χ0n) is 12.5. The highest BCUT2D eigenvalue weighted by Crippen LogP contribution is 2.41. The fourth-order valence-corrected chi connectivity index (χ4v) is 2.87. The summed E-state index contributed by atoms with van der Waals surface area (Å²) in [4.78, 5) is 0. The normalized spacial score (nSPS) is 11.1. The number of hydrogen-bond acceptors (Lipinski definition) is 4. The highest BCUT2D eigenvalue weighted by Gasteiger charge is 2.22. The van der Waals surface area contributed by atoms with Gasteiger partial charge in [-0.3, -0.25) is 0 Å². The summed E-state index contributed by atoms with van der Waals surface area (Å²) in [7, 11) is 0. The molecule has 0 aliphatic rings. The van der Waals surface area contributed by atoms with Crippen LogP contribution in [0.4, 0.5) is 8.78 Å². The molecule has 3 aromatic rings. The molecule has 120 valence electrons. The molecule has 0 spiro atoms. The number of nitriles is 2. The summed E-state index contributed by atoms with van der Waals surface area (Å²) in [6, 6.07) is 14.3. The van der Waals surface area contributed by atoms with Gasteiger partial charge in [-0.15, -0.1) is 0 Å². The van der Waals surface area contributed by atoms with Crippen molar-refractivity contribution in [3.63, 3.8) is 0 Å². The molecule has 4 nitrogen and oxygen atoms in total. The number of benzene rings is 2. The lowest BCUT2D eigenvalue weighted by Crippen LogP contribution is -2.03. The molecule has 0 amide bonds. The van der Waals surface area contributed by atoms with Crippen LogP contribution in [0.25, 0.3) is 21.9 Å². The highest BCUT2D eigenvalue weighted by molar-refractivity contribution is 6.08. The van der Waals surface area contributed by atoms with Crippen molar-refractivity contribution in [3.05, 3.63) is 42.0 Å². The van der Waals surface area contributed by atoms with Crippen molar-refractivity contribution in [2.45, 2.75) is 25.4 Å². The fourth-order valence-electron chi connectivity index (χ4n) is 2.87. The molecule has 0 saturated heterocycles. The van der Waals surface area contributed by atoms with E-state index in [4.69, 9.17) is 14.9 Å². The molecule has 24 heavy (non-hydrogen) atoms. The second-order valence-corrected chi connectivity index (χ2v) is 5.26. The van der Waals surface area contributed by atoms with E-state index in [0.29, 0.717) is 11.0 Å². The SMILES string of the molecule is N#CCC(CC#N)c1ccc(OC(F)F)c2oc3ccccc3c12. The number of nitrogens with zero attached hydrogens (tertiary/aromatic N) is 2. The average Bonchev–Trinajstić information content (AvgIpc) is 2.95. The fraction of sp³-hybridized carbons (Fsp3) is 0.222. The first-order valence-corrected chi connectivity index (χ1v) is 7.28. The lowest BCUT2D eigenvalue weighted by atomic mass is 9.90. The number of ether oxygens (including phenoxy) is 1. The Balaban J connectivity index is 2.31. The molecule has 1 heterocycles. The van der Waals surface area contributed by atoms with Gasteiger partial charge in [-0.05, 0) is 17.7 Å². The number of furan rings is 1. The number of alkyl halides is 2. The second kappa shape index (κ2) is 6.55. The standard InChI is InChI=1S/C18H12F2N2O2/c19-18(20)24-15-6-5-12(11(7-9-21)8-10-22)16-13-3-1-2-4-14(13)23-17(15)16/h1-6,11,18H,7-8H2. The molecular formula is C18H12F2N2O2. The zero-order chi connectivity index (χ0) is 17.1. The Morgan fingerprint density at radius 2 is 1.75 bits per heavy atom. The first kappa shape index (κ1) is 15.8. The number of fused-ring (bicyclic) bond motifs is 3. The van der Waals surface area contributed by atoms with Gasteiger partial charge in [-0.2, -0.15) is 19.3 Å². The van der Waals surface area contributed by atoms with Crippen LogP contribution in [0.15, 0.2) is 40.8 Å². The highest BCUT2D eigenvalue weighted by atomic mass is 19.3. The second-order valence-electron chi connectivity index (χ2n) is 5.26. The van der Waals surface area contributed by atoms with E-state index >= 15 is 0 Å². The van der Waals surface area contributed by atoms with E-state index in [9.17, 15) is 8.78 Å². The van der Waals surface area contributed by atoms with Gasteiger partial charge in [0.1, 0.15) is 5.58 Å². The molecule has 2 aromatic carbocycles. The Kier molecular flexibility index (Phi) is 4.31. The number of halogens is 2.